The Labute approximate surface area is 148 Å². The fourth-order valence-electron chi connectivity index (χ4n) is 2.73. The molecule has 1 unspecified atom stereocenters. The van der Waals surface area contributed by atoms with E-state index in [1.54, 1.807) is 0 Å². The molecule has 0 aromatic rings. The lowest BCUT2D eigenvalue weighted by Gasteiger charge is -2.28. The molecule has 23 heavy (non-hydrogen) atoms. The molecule has 1 rings (SSSR count). The molecule has 1 fully saturated rings. The predicted octanol–water partition coefficient (Wildman–Crippen LogP) is 6.53. The number of likely N-dealkylation sites (tertiary alicyclic amines) is 1. The van der Waals surface area contributed by atoms with Gasteiger partial charge in [0.2, 0.25) is 0 Å². The van der Waals surface area contributed by atoms with Crippen molar-refractivity contribution in [2.75, 3.05) is 19.6 Å². The molecular formula is C21H47NO. The van der Waals surface area contributed by atoms with Gasteiger partial charge in [0.25, 0.3) is 0 Å². The minimum Gasteiger partial charge on any atom is -0.375 e. The Balaban J connectivity index is 0. The van der Waals surface area contributed by atoms with Crippen molar-refractivity contribution in [2.24, 2.45) is 5.92 Å². The third-order valence-corrected chi connectivity index (χ3v) is 4.54. The van der Waals surface area contributed by atoms with Crippen LogP contribution >= 0.6 is 0 Å². The fraction of sp³-hybridized carbons (Fsp3) is 1.00. The SMILES string of the molecule is CC.CCCC(CCC)OC(C)CC.CCN1CCC(C)CC1. The maximum atomic E-state index is 5.88. The molecule has 2 nitrogen and oxygen atoms in total. The number of piperidine rings is 1. The number of nitrogens with zero attached hydrogens (tertiary/aromatic N) is 1. The van der Waals surface area contributed by atoms with E-state index < -0.39 is 0 Å². The summed E-state index contributed by atoms with van der Waals surface area (Å²) in [5.74, 6) is 0.979. The molecule has 0 amide bonds. The van der Waals surface area contributed by atoms with Crippen molar-refractivity contribution in [1.29, 1.82) is 0 Å². The first-order chi connectivity index (χ1) is 11.1. The Hall–Kier alpha value is -0.0800. The van der Waals surface area contributed by atoms with Crippen molar-refractivity contribution >= 4 is 0 Å². The molecule has 0 bridgehead atoms. The third kappa shape index (κ3) is 15.2. The van der Waals surface area contributed by atoms with Gasteiger partial charge in [-0.3, -0.25) is 0 Å². The molecule has 1 heterocycles. The van der Waals surface area contributed by atoms with E-state index >= 15 is 0 Å². The molecule has 0 N–H and O–H groups in total. The molecule has 0 aromatic heterocycles. The number of ether oxygens (including phenoxy) is 1. The Morgan fingerprint density at radius 2 is 1.43 bits per heavy atom. The second kappa shape index (κ2) is 18.3. The molecule has 0 spiro atoms. The Bertz CT molecular complexity index is 206. The second-order valence-corrected chi connectivity index (χ2v) is 6.67. The highest BCUT2D eigenvalue weighted by atomic mass is 16.5. The lowest BCUT2D eigenvalue weighted by atomic mass is 9.99. The average Bonchev–Trinajstić information content (AvgIpc) is 2.58. The number of hydrogen-bond acceptors (Lipinski definition) is 2. The van der Waals surface area contributed by atoms with Gasteiger partial charge in [0.05, 0.1) is 12.2 Å². The predicted molar refractivity (Wildman–Crippen MR) is 106 cm³/mol. The summed E-state index contributed by atoms with van der Waals surface area (Å²) in [6.07, 6.45) is 9.81. The van der Waals surface area contributed by atoms with Gasteiger partial charge in [0.15, 0.2) is 0 Å². The van der Waals surface area contributed by atoms with E-state index in [-0.39, 0.29) is 0 Å². The van der Waals surface area contributed by atoms with Crippen molar-refractivity contribution < 1.29 is 4.74 Å². The molecule has 1 aliphatic rings. The number of rotatable bonds is 8. The van der Waals surface area contributed by atoms with Gasteiger partial charge in [-0.05, 0) is 64.6 Å². The minimum absolute atomic E-state index is 0.438. The minimum atomic E-state index is 0.438. The van der Waals surface area contributed by atoms with Gasteiger partial charge < -0.3 is 9.64 Å². The van der Waals surface area contributed by atoms with E-state index in [2.05, 4.69) is 46.4 Å². The monoisotopic (exact) mass is 329 g/mol. The summed E-state index contributed by atoms with van der Waals surface area (Å²) in [7, 11) is 0. The maximum absolute atomic E-state index is 5.88. The zero-order chi connectivity index (χ0) is 18.1. The van der Waals surface area contributed by atoms with E-state index in [1.807, 2.05) is 13.8 Å². The van der Waals surface area contributed by atoms with Crippen LogP contribution in [0.4, 0.5) is 0 Å². The highest BCUT2D eigenvalue weighted by Gasteiger charge is 2.13. The Morgan fingerprint density at radius 1 is 0.957 bits per heavy atom. The maximum Gasteiger partial charge on any atom is 0.0578 e. The summed E-state index contributed by atoms with van der Waals surface area (Å²) >= 11 is 0. The summed E-state index contributed by atoms with van der Waals surface area (Å²) in [5.41, 5.74) is 0. The third-order valence-electron chi connectivity index (χ3n) is 4.54. The molecule has 0 aromatic carbocycles. The van der Waals surface area contributed by atoms with Crippen LogP contribution < -0.4 is 0 Å². The van der Waals surface area contributed by atoms with Crippen molar-refractivity contribution in [2.45, 2.75) is 113 Å². The smallest absolute Gasteiger partial charge is 0.0578 e. The highest BCUT2D eigenvalue weighted by molar-refractivity contribution is 4.67. The summed E-state index contributed by atoms with van der Waals surface area (Å²) in [4.78, 5) is 2.53. The summed E-state index contributed by atoms with van der Waals surface area (Å²) in [6.45, 7) is 21.3. The standard InChI is InChI=1S/C11H24O.C8H17N.C2H6/c1-5-8-11(9-6-2)12-10(4)7-3;1-3-9-6-4-8(2)5-7-9;1-2/h10-11H,5-9H2,1-4H3;8H,3-7H2,1-2H3;1-2H3. The van der Waals surface area contributed by atoms with Gasteiger partial charge in [-0.15, -0.1) is 0 Å². The molecule has 0 radical (unpaired) electrons. The van der Waals surface area contributed by atoms with Crippen LogP contribution in [0.3, 0.4) is 0 Å². The molecule has 1 aliphatic heterocycles. The van der Waals surface area contributed by atoms with Gasteiger partial charge >= 0.3 is 0 Å². The van der Waals surface area contributed by atoms with E-state index in [0.717, 1.165) is 12.3 Å². The zero-order valence-electron chi connectivity index (χ0n) is 17.7. The molecule has 142 valence electrons. The summed E-state index contributed by atoms with van der Waals surface area (Å²) in [6, 6.07) is 0. The van der Waals surface area contributed by atoms with Crippen LogP contribution in [0, 0.1) is 5.92 Å². The first-order valence-corrected chi connectivity index (χ1v) is 10.4. The zero-order valence-corrected chi connectivity index (χ0v) is 17.7. The van der Waals surface area contributed by atoms with E-state index in [4.69, 9.17) is 4.74 Å². The molecule has 2 heteroatoms. The van der Waals surface area contributed by atoms with Crippen LogP contribution in [0.5, 0.6) is 0 Å². The normalized spacial score (nSPS) is 17.1. The Kier molecular flexibility index (Phi) is 20.0. The first kappa shape index (κ1) is 25.2. The van der Waals surface area contributed by atoms with Gasteiger partial charge in [-0.2, -0.15) is 0 Å². The van der Waals surface area contributed by atoms with Crippen LogP contribution in [0.1, 0.15) is 100 Å². The van der Waals surface area contributed by atoms with Crippen molar-refractivity contribution in [3.05, 3.63) is 0 Å². The molecule has 0 aliphatic carbocycles. The van der Waals surface area contributed by atoms with Crippen molar-refractivity contribution in [3.8, 4) is 0 Å². The van der Waals surface area contributed by atoms with Crippen LogP contribution in [-0.2, 0) is 4.74 Å². The average molecular weight is 330 g/mol. The second-order valence-electron chi connectivity index (χ2n) is 6.67. The highest BCUT2D eigenvalue weighted by Crippen LogP contribution is 2.15. The molecular weight excluding hydrogens is 282 g/mol. The molecule has 0 saturated carbocycles. The van der Waals surface area contributed by atoms with Crippen LogP contribution in [0.15, 0.2) is 0 Å². The van der Waals surface area contributed by atoms with Gasteiger partial charge in [0.1, 0.15) is 0 Å². The molecule has 1 atom stereocenters. The first-order valence-electron chi connectivity index (χ1n) is 10.4. The van der Waals surface area contributed by atoms with Gasteiger partial charge in [0, 0.05) is 0 Å². The van der Waals surface area contributed by atoms with E-state index in [0.29, 0.717) is 12.2 Å². The fourth-order valence-corrected chi connectivity index (χ4v) is 2.73. The van der Waals surface area contributed by atoms with Crippen LogP contribution in [-0.4, -0.2) is 36.7 Å². The van der Waals surface area contributed by atoms with Crippen LogP contribution in [0.2, 0.25) is 0 Å². The van der Waals surface area contributed by atoms with Crippen LogP contribution in [0.25, 0.3) is 0 Å². The number of hydrogen-bond donors (Lipinski definition) is 0. The van der Waals surface area contributed by atoms with Crippen molar-refractivity contribution in [1.82, 2.24) is 4.90 Å². The van der Waals surface area contributed by atoms with Gasteiger partial charge in [-0.1, -0.05) is 61.3 Å². The van der Waals surface area contributed by atoms with E-state index in [9.17, 15) is 0 Å². The quantitative estimate of drug-likeness (QED) is 0.501. The summed E-state index contributed by atoms with van der Waals surface area (Å²) < 4.78 is 5.88. The topological polar surface area (TPSA) is 12.5 Å². The molecule has 1 saturated heterocycles. The largest absolute Gasteiger partial charge is 0.375 e. The van der Waals surface area contributed by atoms with Gasteiger partial charge in [-0.25, -0.2) is 0 Å². The van der Waals surface area contributed by atoms with E-state index in [1.165, 1.54) is 58.2 Å². The Morgan fingerprint density at radius 3 is 1.78 bits per heavy atom. The summed E-state index contributed by atoms with van der Waals surface area (Å²) in [5, 5.41) is 0. The lowest BCUT2D eigenvalue weighted by molar-refractivity contribution is -0.0129. The lowest BCUT2D eigenvalue weighted by Crippen LogP contribution is -2.32. The van der Waals surface area contributed by atoms with Crippen molar-refractivity contribution in [3.63, 3.8) is 0 Å².